The lowest BCUT2D eigenvalue weighted by Crippen LogP contribution is -2.23. The van der Waals surface area contributed by atoms with Gasteiger partial charge in [-0.3, -0.25) is 9.59 Å². The van der Waals surface area contributed by atoms with Gasteiger partial charge in [0.1, 0.15) is 12.7 Å². The predicted octanol–water partition coefficient (Wildman–Crippen LogP) is 13.6. The van der Waals surface area contributed by atoms with Crippen LogP contribution < -0.4 is 0 Å². The third kappa shape index (κ3) is 49.1. The van der Waals surface area contributed by atoms with Crippen LogP contribution in [-0.2, 0) is 14.3 Å². The third-order valence-corrected chi connectivity index (χ3v) is 11.7. The predicted molar refractivity (Wildman–Crippen MR) is 244 cm³/mol. The van der Waals surface area contributed by atoms with E-state index in [9.17, 15) is 14.7 Å². The van der Waals surface area contributed by atoms with Crippen LogP contribution in [-0.4, -0.2) is 69.5 Å². The first-order valence-corrected chi connectivity index (χ1v) is 25.3. The maximum Gasteiger partial charge on any atom is 0.306 e. The third-order valence-electron chi connectivity index (χ3n) is 11.7. The van der Waals surface area contributed by atoms with Crippen LogP contribution in [0.25, 0.3) is 0 Å². The van der Waals surface area contributed by atoms with Crippen molar-refractivity contribution < 1.29 is 39.9 Å². The fourth-order valence-corrected chi connectivity index (χ4v) is 7.70. The quantitative estimate of drug-likeness (QED) is 0.0301. The van der Waals surface area contributed by atoms with Crippen LogP contribution in [0.15, 0.2) is 0 Å². The average molecular weight is 829 g/mol. The number of aliphatic hydroxyl groups is 4. The molecule has 0 saturated carbocycles. The molecular formula is C50H100O8. The highest BCUT2D eigenvalue weighted by atomic mass is 16.5. The van der Waals surface area contributed by atoms with Gasteiger partial charge in [0.15, 0.2) is 0 Å². The van der Waals surface area contributed by atoms with Crippen LogP contribution in [0.1, 0.15) is 271 Å². The second-order valence-electron chi connectivity index (χ2n) is 17.5. The molecule has 3 unspecified atom stereocenters. The van der Waals surface area contributed by atoms with Gasteiger partial charge in [-0.15, -0.1) is 0 Å². The molecule has 0 rings (SSSR count). The Morgan fingerprint density at radius 1 is 0.414 bits per heavy atom. The van der Waals surface area contributed by atoms with Crippen molar-refractivity contribution in [3.63, 3.8) is 0 Å². The molecule has 0 aliphatic heterocycles. The fourth-order valence-electron chi connectivity index (χ4n) is 7.70. The summed E-state index contributed by atoms with van der Waals surface area (Å²) in [5.74, 6) is -1.66. The van der Waals surface area contributed by atoms with Crippen LogP contribution in [0.2, 0.25) is 0 Å². The van der Waals surface area contributed by atoms with E-state index in [1.165, 1.54) is 212 Å². The highest BCUT2D eigenvalue weighted by Gasteiger charge is 2.20. The van der Waals surface area contributed by atoms with Gasteiger partial charge in [-0.1, -0.05) is 245 Å². The Labute approximate surface area is 359 Å². The Morgan fingerprint density at radius 3 is 0.966 bits per heavy atom. The number of esters is 1. The monoisotopic (exact) mass is 829 g/mol. The van der Waals surface area contributed by atoms with E-state index in [4.69, 9.17) is 25.2 Å². The number of hydrogen-bond acceptors (Lipinski definition) is 7. The van der Waals surface area contributed by atoms with Crippen LogP contribution in [0.4, 0.5) is 0 Å². The lowest BCUT2D eigenvalue weighted by atomic mass is 9.94. The maximum atomic E-state index is 11.4. The van der Waals surface area contributed by atoms with Crippen molar-refractivity contribution in [1.29, 1.82) is 0 Å². The number of ether oxygens (including phenoxy) is 1. The number of unbranched alkanes of at least 4 members (excludes halogenated alkanes) is 35. The molecule has 0 fully saturated rings. The summed E-state index contributed by atoms with van der Waals surface area (Å²) < 4.78 is 4.88. The molecule has 0 saturated heterocycles. The van der Waals surface area contributed by atoms with E-state index in [2.05, 4.69) is 13.8 Å². The maximum absolute atomic E-state index is 11.4. The van der Waals surface area contributed by atoms with Crippen LogP contribution >= 0.6 is 0 Å². The zero-order chi connectivity index (χ0) is 43.0. The van der Waals surface area contributed by atoms with E-state index in [0.29, 0.717) is 12.8 Å². The van der Waals surface area contributed by atoms with Gasteiger partial charge >= 0.3 is 11.9 Å². The number of carbonyl (C=O) groups excluding carboxylic acids is 1. The molecule has 8 nitrogen and oxygen atoms in total. The van der Waals surface area contributed by atoms with Gasteiger partial charge in [0.2, 0.25) is 0 Å². The van der Waals surface area contributed by atoms with E-state index in [-0.39, 0.29) is 32.2 Å². The Hall–Kier alpha value is -1.22. The van der Waals surface area contributed by atoms with E-state index >= 15 is 0 Å². The molecule has 5 N–H and O–H groups in total. The van der Waals surface area contributed by atoms with E-state index in [1.807, 2.05) is 0 Å². The Bertz CT molecular complexity index is 806. The molecule has 0 aliphatic carbocycles. The number of hydrogen-bond donors (Lipinski definition) is 5. The Morgan fingerprint density at radius 2 is 0.690 bits per heavy atom. The molecule has 0 spiro atoms. The summed E-state index contributed by atoms with van der Waals surface area (Å²) in [7, 11) is 0. The molecule has 0 bridgehead atoms. The normalized spacial score (nSPS) is 12.9. The molecular weight excluding hydrogens is 729 g/mol. The smallest absolute Gasteiger partial charge is 0.306 e. The molecule has 3 atom stereocenters. The van der Waals surface area contributed by atoms with Crippen molar-refractivity contribution in [2.75, 3.05) is 19.8 Å². The molecule has 0 aromatic carbocycles. The van der Waals surface area contributed by atoms with Gasteiger partial charge in [0, 0.05) is 6.42 Å². The lowest BCUT2D eigenvalue weighted by molar-refractivity contribution is -0.147. The summed E-state index contributed by atoms with van der Waals surface area (Å²) in [6, 6.07) is 0. The topological polar surface area (TPSA) is 145 Å². The Balaban J connectivity index is 0. The standard InChI is InChI=1S/2C25H50O4/c1-2-3-4-5-6-7-8-9-10-11-12-13-14-15-16-17-18-19-20-23(25(28)29)21-24(27)22-26;1-2-3-4-5-6-7-8-9-10-11-12-13-14-15-16-17-18-19-20-21-25(28)29-23-24(27)22-26/h23-24,26-27H,2-22H2,1H3,(H,28,29);24,26-27H,2-23H2,1H3. The van der Waals surface area contributed by atoms with Crippen molar-refractivity contribution >= 4 is 11.9 Å². The number of carboxylic acid groups (broad SMARTS) is 1. The van der Waals surface area contributed by atoms with Crippen LogP contribution in [0.3, 0.4) is 0 Å². The first kappa shape index (κ1) is 58.9. The van der Waals surface area contributed by atoms with Gasteiger partial charge in [-0.2, -0.15) is 0 Å². The summed E-state index contributed by atoms with van der Waals surface area (Å²) in [5.41, 5.74) is 0. The molecule has 0 radical (unpaired) electrons. The average Bonchev–Trinajstić information content (AvgIpc) is 3.22. The zero-order valence-corrected chi connectivity index (χ0v) is 38.6. The van der Waals surface area contributed by atoms with Gasteiger partial charge in [-0.05, 0) is 19.3 Å². The summed E-state index contributed by atoms with van der Waals surface area (Å²) >= 11 is 0. The first-order chi connectivity index (χ1) is 28.3. The lowest BCUT2D eigenvalue weighted by Gasteiger charge is -2.15. The first-order valence-electron chi connectivity index (χ1n) is 25.3. The molecule has 8 heteroatoms. The molecule has 0 aromatic heterocycles. The highest BCUT2D eigenvalue weighted by molar-refractivity contribution is 5.70. The van der Waals surface area contributed by atoms with Crippen molar-refractivity contribution in [2.24, 2.45) is 5.92 Å². The minimum atomic E-state index is -0.955. The number of aliphatic hydroxyl groups excluding tert-OH is 4. The molecule has 0 heterocycles. The molecule has 0 aliphatic rings. The van der Waals surface area contributed by atoms with Gasteiger partial charge < -0.3 is 30.3 Å². The minimum absolute atomic E-state index is 0.103. The van der Waals surface area contributed by atoms with Crippen molar-refractivity contribution in [3.8, 4) is 0 Å². The Kier molecular flexibility index (Phi) is 50.9. The molecule has 58 heavy (non-hydrogen) atoms. The van der Waals surface area contributed by atoms with Crippen molar-refractivity contribution in [3.05, 3.63) is 0 Å². The summed E-state index contributed by atoms with van der Waals surface area (Å²) in [5, 5.41) is 45.2. The van der Waals surface area contributed by atoms with Crippen molar-refractivity contribution in [1.82, 2.24) is 0 Å². The molecule has 0 amide bonds. The van der Waals surface area contributed by atoms with Crippen LogP contribution in [0.5, 0.6) is 0 Å². The summed E-state index contributed by atoms with van der Waals surface area (Å²) in [4.78, 5) is 22.6. The van der Waals surface area contributed by atoms with Crippen LogP contribution in [0, 0.1) is 5.92 Å². The fraction of sp³-hybridized carbons (Fsp3) is 0.960. The number of carboxylic acids is 1. The van der Waals surface area contributed by atoms with Gasteiger partial charge in [0.05, 0.1) is 25.2 Å². The van der Waals surface area contributed by atoms with E-state index in [1.54, 1.807) is 0 Å². The summed E-state index contributed by atoms with van der Waals surface area (Å²) in [6.07, 6.45) is 48.6. The van der Waals surface area contributed by atoms with Gasteiger partial charge in [-0.25, -0.2) is 0 Å². The number of aliphatic carboxylic acids is 1. The minimum Gasteiger partial charge on any atom is -0.481 e. The van der Waals surface area contributed by atoms with E-state index < -0.39 is 24.1 Å². The van der Waals surface area contributed by atoms with Gasteiger partial charge in [0.25, 0.3) is 0 Å². The second kappa shape index (κ2) is 50.1. The zero-order valence-electron chi connectivity index (χ0n) is 38.6. The number of carbonyl (C=O) groups is 2. The molecule has 0 aromatic rings. The highest BCUT2D eigenvalue weighted by Crippen LogP contribution is 2.19. The molecule has 348 valence electrons. The summed E-state index contributed by atoms with van der Waals surface area (Å²) in [6.45, 7) is 3.72. The van der Waals surface area contributed by atoms with Crippen molar-refractivity contribution in [2.45, 2.75) is 283 Å². The number of rotatable bonds is 46. The second-order valence-corrected chi connectivity index (χ2v) is 17.5. The largest absolute Gasteiger partial charge is 0.481 e. The van der Waals surface area contributed by atoms with E-state index in [0.717, 1.165) is 25.7 Å². The SMILES string of the molecule is CCCCCCCCCCCCCCCCCCCCC(CC(O)CO)C(=O)O.CCCCCCCCCCCCCCCCCCCCCC(=O)OCC(O)CO.